The maximum absolute atomic E-state index is 13.1. The Morgan fingerprint density at radius 1 is 1.44 bits per heavy atom. The van der Waals surface area contributed by atoms with Crippen LogP contribution in [0.1, 0.15) is 29.8 Å². The van der Waals surface area contributed by atoms with Gasteiger partial charge in [-0.15, -0.1) is 0 Å². The van der Waals surface area contributed by atoms with Gasteiger partial charge in [0.05, 0.1) is 6.20 Å². The van der Waals surface area contributed by atoms with E-state index in [2.05, 4.69) is 10.4 Å². The van der Waals surface area contributed by atoms with Crippen molar-refractivity contribution in [2.75, 3.05) is 0 Å². The van der Waals surface area contributed by atoms with Crippen molar-refractivity contribution < 1.29 is 4.39 Å². The average molecular weight is 247 g/mol. The van der Waals surface area contributed by atoms with Crippen LogP contribution in [-0.4, -0.2) is 9.78 Å². The summed E-state index contributed by atoms with van der Waals surface area (Å²) in [4.78, 5) is 0. The van der Waals surface area contributed by atoms with Gasteiger partial charge in [0.15, 0.2) is 0 Å². The van der Waals surface area contributed by atoms with Crippen LogP contribution in [-0.2, 0) is 13.6 Å². The number of benzene rings is 1. The molecule has 0 radical (unpaired) electrons. The lowest BCUT2D eigenvalue weighted by Gasteiger charge is -2.14. The van der Waals surface area contributed by atoms with Crippen LogP contribution in [0.2, 0.25) is 0 Å². The molecule has 0 aliphatic heterocycles. The first kappa shape index (κ1) is 12.8. The molecule has 96 valence electrons. The molecule has 0 fully saturated rings. The molecule has 2 aromatic rings. The van der Waals surface area contributed by atoms with E-state index in [-0.39, 0.29) is 11.9 Å². The number of nitrogens with zero attached hydrogens (tertiary/aromatic N) is 2. The van der Waals surface area contributed by atoms with Gasteiger partial charge in [-0.1, -0.05) is 12.1 Å². The van der Waals surface area contributed by atoms with E-state index in [1.165, 1.54) is 11.6 Å². The number of rotatable bonds is 4. The van der Waals surface area contributed by atoms with Gasteiger partial charge in [-0.2, -0.15) is 5.10 Å². The molecule has 3 nitrogen and oxygen atoms in total. The normalized spacial score (nSPS) is 12.7. The minimum Gasteiger partial charge on any atom is -0.306 e. The first-order valence-corrected chi connectivity index (χ1v) is 6.04. The van der Waals surface area contributed by atoms with E-state index in [9.17, 15) is 4.39 Å². The smallest absolute Gasteiger partial charge is 0.123 e. The minimum absolute atomic E-state index is 0.111. The van der Waals surface area contributed by atoms with Crippen molar-refractivity contribution in [2.45, 2.75) is 26.4 Å². The third-order valence-electron chi connectivity index (χ3n) is 3.28. The molecule has 4 heteroatoms. The molecule has 1 atom stereocenters. The summed E-state index contributed by atoms with van der Waals surface area (Å²) in [6.07, 6.45) is 1.86. The highest BCUT2D eigenvalue weighted by atomic mass is 19.1. The molecule has 1 aromatic carbocycles. The molecule has 1 heterocycles. The van der Waals surface area contributed by atoms with Crippen molar-refractivity contribution in [1.82, 2.24) is 15.1 Å². The van der Waals surface area contributed by atoms with Gasteiger partial charge in [0.25, 0.3) is 0 Å². The van der Waals surface area contributed by atoms with E-state index in [1.807, 2.05) is 37.8 Å². The van der Waals surface area contributed by atoms with Crippen LogP contribution in [0.15, 0.2) is 30.5 Å². The summed E-state index contributed by atoms with van der Waals surface area (Å²) in [5, 5.41) is 7.57. The maximum Gasteiger partial charge on any atom is 0.123 e. The summed E-state index contributed by atoms with van der Waals surface area (Å²) in [5.74, 6) is -0.196. The predicted molar refractivity (Wildman–Crippen MR) is 69.6 cm³/mol. The van der Waals surface area contributed by atoms with Gasteiger partial charge in [0, 0.05) is 30.9 Å². The van der Waals surface area contributed by atoms with E-state index in [4.69, 9.17) is 0 Å². The molecule has 18 heavy (non-hydrogen) atoms. The lowest BCUT2D eigenvalue weighted by molar-refractivity contribution is 0.563. The molecule has 0 amide bonds. The largest absolute Gasteiger partial charge is 0.306 e. The van der Waals surface area contributed by atoms with Crippen molar-refractivity contribution >= 4 is 0 Å². The highest BCUT2D eigenvalue weighted by Crippen LogP contribution is 2.15. The lowest BCUT2D eigenvalue weighted by Crippen LogP contribution is -2.18. The molecule has 1 N–H and O–H groups in total. The SMILES string of the molecule is Cc1c(CNC(C)c2cccc(F)c2)cnn1C. The average Bonchev–Trinajstić information content (AvgIpc) is 2.67. The standard InChI is InChI=1S/C14H18FN3/c1-10(12-5-4-6-14(15)7-12)16-8-13-9-17-18(3)11(13)2/h4-7,9-10,16H,8H2,1-3H3. The first-order chi connectivity index (χ1) is 8.58. The van der Waals surface area contributed by atoms with Crippen LogP contribution >= 0.6 is 0 Å². The quantitative estimate of drug-likeness (QED) is 0.900. The fourth-order valence-electron chi connectivity index (χ4n) is 1.87. The second-order valence-electron chi connectivity index (χ2n) is 4.54. The fraction of sp³-hybridized carbons (Fsp3) is 0.357. The summed E-state index contributed by atoms with van der Waals surface area (Å²) >= 11 is 0. The third kappa shape index (κ3) is 2.76. The topological polar surface area (TPSA) is 29.9 Å². The number of hydrogen-bond donors (Lipinski definition) is 1. The highest BCUT2D eigenvalue weighted by molar-refractivity contribution is 5.20. The number of aromatic nitrogens is 2. The highest BCUT2D eigenvalue weighted by Gasteiger charge is 2.08. The Balaban J connectivity index is 2.00. The molecule has 1 unspecified atom stereocenters. The van der Waals surface area contributed by atoms with Gasteiger partial charge in [-0.05, 0) is 31.5 Å². The summed E-state index contributed by atoms with van der Waals surface area (Å²) in [5.41, 5.74) is 3.27. The van der Waals surface area contributed by atoms with Crippen molar-refractivity contribution in [2.24, 2.45) is 7.05 Å². The molecule has 0 aliphatic carbocycles. The molecule has 2 rings (SSSR count). The fourth-order valence-corrected chi connectivity index (χ4v) is 1.87. The zero-order valence-corrected chi connectivity index (χ0v) is 10.9. The van der Waals surface area contributed by atoms with Crippen LogP contribution in [0, 0.1) is 12.7 Å². The van der Waals surface area contributed by atoms with E-state index < -0.39 is 0 Å². The molecule has 0 aliphatic rings. The van der Waals surface area contributed by atoms with E-state index >= 15 is 0 Å². The Labute approximate surface area is 107 Å². The summed E-state index contributed by atoms with van der Waals surface area (Å²) in [7, 11) is 1.93. The maximum atomic E-state index is 13.1. The Kier molecular flexibility index (Phi) is 3.77. The van der Waals surface area contributed by atoms with Gasteiger partial charge in [-0.3, -0.25) is 4.68 Å². The summed E-state index contributed by atoms with van der Waals surface area (Å²) in [6.45, 7) is 4.80. The van der Waals surface area contributed by atoms with Crippen molar-refractivity contribution in [3.8, 4) is 0 Å². The Hall–Kier alpha value is -1.68. The second kappa shape index (κ2) is 5.31. The van der Waals surface area contributed by atoms with Gasteiger partial charge < -0.3 is 5.32 Å². The molecule has 0 bridgehead atoms. The van der Waals surface area contributed by atoms with Gasteiger partial charge in [0.2, 0.25) is 0 Å². The molecular formula is C14H18FN3. The second-order valence-corrected chi connectivity index (χ2v) is 4.54. The van der Waals surface area contributed by atoms with E-state index in [0.717, 1.165) is 17.8 Å². The van der Waals surface area contributed by atoms with Crippen molar-refractivity contribution in [1.29, 1.82) is 0 Å². The molecule has 0 saturated heterocycles. The number of nitrogens with one attached hydrogen (secondary N) is 1. The minimum atomic E-state index is -0.196. The number of halogens is 1. The number of hydrogen-bond acceptors (Lipinski definition) is 2. The zero-order chi connectivity index (χ0) is 13.1. The number of aryl methyl sites for hydroxylation is 1. The molecule has 0 spiro atoms. The summed E-state index contributed by atoms with van der Waals surface area (Å²) in [6, 6.07) is 6.80. The molecule has 0 saturated carbocycles. The van der Waals surface area contributed by atoms with Gasteiger partial charge in [0.1, 0.15) is 5.82 Å². The Morgan fingerprint density at radius 3 is 2.83 bits per heavy atom. The zero-order valence-electron chi connectivity index (χ0n) is 10.9. The lowest BCUT2D eigenvalue weighted by atomic mass is 10.1. The van der Waals surface area contributed by atoms with Gasteiger partial charge >= 0.3 is 0 Å². The Bertz CT molecular complexity index is 534. The van der Waals surface area contributed by atoms with Crippen LogP contribution in [0.3, 0.4) is 0 Å². The van der Waals surface area contributed by atoms with E-state index in [1.54, 1.807) is 12.1 Å². The predicted octanol–water partition coefficient (Wildman–Crippen LogP) is 2.72. The van der Waals surface area contributed by atoms with Crippen LogP contribution in [0.25, 0.3) is 0 Å². The third-order valence-corrected chi connectivity index (χ3v) is 3.28. The Morgan fingerprint density at radius 2 is 2.22 bits per heavy atom. The van der Waals surface area contributed by atoms with Crippen LogP contribution in [0.5, 0.6) is 0 Å². The first-order valence-electron chi connectivity index (χ1n) is 6.04. The monoisotopic (exact) mass is 247 g/mol. The van der Waals surface area contributed by atoms with Crippen molar-refractivity contribution in [3.05, 3.63) is 53.1 Å². The molecule has 1 aromatic heterocycles. The van der Waals surface area contributed by atoms with Crippen LogP contribution < -0.4 is 5.32 Å². The van der Waals surface area contributed by atoms with Gasteiger partial charge in [-0.25, -0.2) is 4.39 Å². The summed E-state index contributed by atoms with van der Waals surface area (Å²) < 4.78 is 15.0. The molecular weight excluding hydrogens is 229 g/mol. The van der Waals surface area contributed by atoms with Crippen LogP contribution in [0.4, 0.5) is 4.39 Å². The van der Waals surface area contributed by atoms with Crippen molar-refractivity contribution in [3.63, 3.8) is 0 Å². The van der Waals surface area contributed by atoms with E-state index in [0.29, 0.717) is 0 Å².